The highest BCUT2D eigenvalue weighted by atomic mass is 16.5. The number of methoxy groups -OCH3 is 1. The molecule has 1 aliphatic rings. The molecular weight excluding hydrogens is 420 g/mol. The van der Waals surface area contributed by atoms with Gasteiger partial charge in [-0.25, -0.2) is 0 Å². The van der Waals surface area contributed by atoms with Gasteiger partial charge in [0.1, 0.15) is 5.75 Å². The van der Waals surface area contributed by atoms with E-state index in [-0.39, 0.29) is 11.8 Å². The Balaban J connectivity index is 1.38. The third-order valence-corrected chi connectivity index (χ3v) is 7.18. The molecule has 4 nitrogen and oxygen atoms in total. The number of amides is 1. The van der Waals surface area contributed by atoms with Crippen LogP contribution in [0.4, 0.5) is 0 Å². The number of benzene rings is 3. The summed E-state index contributed by atoms with van der Waals surface area (Å²) in [5.41, 5.74) is 9.02. The Morgan fingerprint density at radius 1 is 1.06 bits per heavy atom. The molecule has 1 atom stereocenters. The van der Waals surface area contributed by atoms with Gasteiger partial charge >= 0.3 is 0 Å². The van der Waals surface area contributed by atoms with E-state index in [2.05, 4.69) is 66.2 Å². The van der Waals surface area contributed by atoms with E-state index >= 15 is 0 Å². The minimum absolute atomic E-state index is 0.00179. The average Bonchev–Trinajstić information content (AvgIpc) is 3.18. The molecule has 1 aliphatic carbocycles. The van der Waals surface area contributed by atoms with Crippen molar-refractivity contribution in [3.63, 3.8) is 0 Å². The number of rotatable bonds is 6. The second-order valence-electron chi connectivity index (χ2n) is 9.47. The van der Waals surface area contributed by atoms with E-state index in [4.69, 9.17) is 4.74 Å². The van der Waals surface area contributed by atoms with Gasteiger partial charge in [0.15, 0.2) is 0 Å². The standard InChI is InChI=1S/C30H32N2O2/c1-20-11-12-21(2)24(15-20)19-32-28-10-5-4-9-26(28)27-17-23(13-14-29(27)32)30(33)31-18-22-7-6-8-25(16-22)34-3/h4-12,15-16,23H,13-14,17-19H2,1-3H3,(H,31,33). The number of aromatic nitrogens is 1. The first kappa shape index (κ1) is 22.3. The summed E-state index contributed by atoms with van der Waals surface area (Å²) in [5, 5.41) is 4.44. The largest absolute Gasteiger partial charge is 0.497 e. The average molecular weight is 453 g/mol. The molecule has 34 heavy (non-hydrogen) atoms. The minimum atomic E-state index is -0.00179. The van der Waals surface area contributed by atoms with Crippen LogP contribution in [0.5, 0.6) is 5.75 Å². The lowest BCUT2D eigenvalue weighted by molar-refractivity contribution is -0.125. The van der Waals surface area contributed by atoms with Crippen LogP contribution in [0.1, 0.15) is 39.9 Å². The van der Waals surface area contributed by atoms with Gasteiger partial charge in [0, 0.05) is 35.6 Å². The Hall–Kier alpha value is -3.53. The van der Waals surface area contributed by atoms with Crippen LogP contribution in [0.2, 0.25) is 0 Å². The number of nitrogens with zero attached hydrogens (tertiary/aromatic N) is 1. The molecule has 0 bridgehead atoms. The van der Waals surface area contributed by atoms with E-state index in [1.54, 1.807) is 7.11 Å². The van der Waals surface area contributed by atoms with Crippen molar-refractivity contribution in [3.05, 3.63) is 100 Å². The fourth-order valence-electron chi connectivity index (χ4n) is 5.26. The van der Waals surface area contributed by atoms with Gasteiger partial charge < -0.3 is 14.6 Å². The maximum Gasteiger partial charge on any atom is 0.223 e. The highest BCUT2D eigenvalue weighted by Gasteiger charge is 2.29. The predicted octanol–water partition coefficient (Wildman–Crippen LogP) is 5.74. The van der Waals surface area contributed by atoms with Crippen molar-refractivity contribution in [1.29, 1.82) is 0 Å². The van der Waals surface area contributed by atoms with Crippen LogP contribution in [0.15, 0.2) is 66.7 Å². The molecule has 1 N–H and O–H groups in total. The second-order valence-corrected chi connectivity index (χ2v) is 9.47. The van der Waals surface area contributed by atoms with E-state index in [1.807, 2.05) is 24.3 Å². The summed E-state index contributed by atoms with van der Waals surface area (Å²) < 4.78 is 7.78. The van der Waals surface area contributed by atoms with Gasteiger partial charge in [-0.15, -0.1) is 0 Å². The summed E-state index contributed by atoms with van der Waals surface area (Å²) in [5.74, 6) is 0.948. The quantitative estimate of drug-likeness (QED) is 0.406. The van der Waals surface area contributed by atoms with E-state index in [9.17, 15) is 4.79 Å². The fraction of sp³-hybridized carbons (Fsp3) is 0.300. The van der Waals surface area contributed by atoms with Gasteiger partial charge in [0.05, 0.1) is 7.11 Å². The molecule has 0 saturated carbocycles. The maximum absolute atomic E-state index is 13.1. The zero-order chi connectivity index (χ0) is 23.7. The first-order valence-electron chi connectivity index (χ1n) is 12.1. The highest BCUT2D eigenvalue weighted by Crippen LogP contribution is 2.35. The number of aryl methyl sites for hydroxylation is 2. The van der Waals surface area contributed by atoms with Crippen molar-refractivity contribution >= 4 is 16.8 Å². The molecule has 174 valence electrons. The number of carbonyl (C=O) groups is 1. The van der Waals surface area contributed by atoms with Crippen LogP contribution in [-0.2, 0) is 30.7 Å². The molecule has 0 radical (unpaired) electrons. The molecular formula is C30H32N2O2. The van der Waals surface area contributed by atoms with Gasteiger partial charge in [0.2, 0.25) is 5.91 Å². The second kappa shape index (κ2) is 9.38. The van der Waals surface area contributed by atoms with Gasteiger partial charge in [0.25, 0.3) is 0 Å². The van der Waals surface area contributed by atoms with E-state index in [0.717, 1.165) is 37.1 Å². The van der Waals surface area contributed by atoms with Crippen molar-refractivity contribution in [2.24, 2.45) is 5.92 Å². The third-order valence-electron chi connectivity index (χ3n) is 7.18. The molecule has 0 aliphatic heterocycles. The van der Waals surface area contributed by atoms with Crippen molar-refractivity contribution in [2.75, 3.05) is 7.11 Å². The molecule has 4 aromatic rings. The number of nitrogens with one attached hydrogen (secondary N) is 1. The molecule has 0 saturated heterocycles. The van der Waals surface area contributed by atoms with Crippen LogP contribution >= 0.6 is 0 Å². The van der Waals surface area contributed by atoms with Crippen LogP contribution < -0.4 is 10.1 Å². The predicted molar refractivity (Wildman–Crippen MR) is 137 cm³/mol. The van der Waals surface area contributed by atoms with Crippen LogP contribution in [0.25, 0.3) is 10.9 Å². The maximum atomic E-state index is 13.1. The summed E-state index contributed by atoms with van der Waals surface area (Å²) >= 11 is 0. The number of hydrogen-bond donors (Lipinski definition) is 1. The van der Waals surface area contributed by atoms with Crippen LogP contribution in [0.3, 0.4) is 0 Å². The Bertz CT molecular complexity index is 1350. The Morgan fingerprint density at radius 3 is 2.76 bits per heavy atom. The molecule has 4 heteroatoms. The lowest BCUT2D eigenvalue weighted by Crippen LogP contribution is -2.34. The minimum Gasteiger partial charge on any atom is -0.497 e. The molecule has 1 heterocycles. The summed E-state index contributed by atoms with van der Waals surface area (Å²) in [7, 11) is 1.66. The Morgan fingerprint density at radius 2 is 1.91 bits per heavy atom. The zero-order valence-corrected chi connectivity index (χ0v) is 20.2. The zero-order valence-electron chi connectivity index (χ0n) is 20.2. The van der Waals surface area contributed by atoms with Gasteiger partial charge in [-0.3, -0.25) is 4.79 Å². The van der Waals surface area contributed by atoms with Gasteiger partial charge in [-0.2, -0.15) is 0 Å². The lowest BCUT2D eigenvalue weighted by Gasteiger charge is -2.24. The third kappa shape index (κ3) is 4.33. The first-order valence-corrected chi connectivity index (χ1v) is 12.1. The van der Waals surface area contributed by atoms with Gasteiger partial charge in [-0.1, -0.05) is 54.1 Å². The molecule has 1 aromatic heterocycles. The molecule has 5 rings (SSSR count). The Labute approximate surface area is 201 Å². The number of para-hydroxylation sites is 1. The SMILES string of the molecule is COc1cccc(CNC(=O)C2CCc3c(c4ccccc4n3Cc3cc(C)ccc3C)C2)c1. The molecule has 1 amide bonds. The topological polar surface area (TPSA) is 43.3 Å². The summed E-state index contributed by atoms with van der Waals surface area (Å²) in [6.07, 6.45) is 2.59. The van der Waals surface area contributed by atoms with Crippen LogP contribution in [0, 0.1) is 19.8 Å². The molecule has 0 spiro atoms. The summed E-state index contributed by atoms with van der Waals surface area (Å²) in [6, 6.07) is 23.2. The Kier molecular flexibility index (Phi) is 6.14. The number of hydrogen-bond acceptors (Lipinski definition) is 2. The summed E-state index contributed by atoms with van der Waals surface area (Å²) in [4.78, 5) is 13.1. The fourth-order valence-corrected chi connectivity index (χ4v) is 5.26. The van der Waals surface area contributed by atoms with E-state index < -0.39 is 0 Å². The smallest absolute Gasteiger partial charge is 0.223 e. The highest BCUT2D eigenvalue weighted by molar-refractivity contribution is 5.88. The molecule has 0 fully saturated rings. The summed E-state index contributed by atoms with van der Waals surface area (Å²) in [6.45, 7) is 5.74. The van der Waals surface area contributed by atoms with Gasteiger partial charge in [-0.05, 0) is 73.6 Å². The molecule has 3 aromatic carbocycles. The van der Waals surface area contributed by atoms with Crippen molar-refractivity contribution in [1.82, 2.24) is 9.88 Å². The normalized spacial score (nSPS) is 15.2. The number of ether oxygens (including phenoxy) is 1. The van der Waals surface area contributed by atoms with Crippen molar-refractivity contribution < 1.29 is 9.53 Å². The molecule has 1 unspecified atom stereocenters. The lowest BCUT2D eigenvalue weighted by atomic mass is 9.85. The van der Waals surface area contributed by atoms with Crippen molar-refractivity contribution in [2.45, 2.75) is 46.2 Å². The van der Waals surface area contributed by atoms with E-state index in [1.165, 1.54) is 38.9 Å². The van der Waals surface area contributed by atoms with Crippen molar-refractivity contribution in [3.8, 4) is 5.75 Å². The number of carbonyl (C=O) groups excluding carboxylic acids is 1. The monoisotopic (exact) mass is 452 g/mol. The number of fused-ring (bicyclic) bond motifs is 3. The van der Waals surface area contributed by atoms with Crippen LogP contribution in [-0.4, -0.2) is 17.6 Å². The van der Waals surface area contributed by atoms with E-state index in [0.29, 0.717) is 6.54 Å². The first-order chi connectivity index (χ1) is 16.5.